The number of anilines is 1. The average molecular weight is 296 g/mol. The number of benzene rings is 1. The fourth-order valence-corrected chi connectivity index (χ4v) is 2.26. The predicted octanol–water partition coefficient (Wildman–Crippen LogP) is 0.0254. The number of hydrogen-bond donors (Lipinski definition) is 3. The van der Waals surface area contributed by atoms with Crippen molar-refractivity contribution in [1.29, 1.82) is 0 Å². The van der Waals surface area contributed by atoms with Crippen LogP contribution in [0.15, 0.2) is 35.4 Å². The molecule has 0 atom stereocenters. The summed E-state index contributed by atoms with van der Waals surface area (Å²) in [6.45, 7) is 0. The summed E-state index contributed by atoms with van der Waals surface area (Å²) >= 11 is 0. The third-order valence-corrected chi connectivity index (χ3v) is 3.39. The van der Waals surface area contributed by atoms with Gasteiger partial charge in [0.25, 0.3) is 5.91 Å². The van der Waals surface area contributed by atoms with E-state index in [0.717, 1.165) is 0 Å². The number of phenolic OH excluding ortho intramolecular Hbond substituents is 1. The van der Waals surface area contributed by atoms with Crippen LogP contribution in [0.3, 0.4) is 0 Å². The van der Waals surface area contributed by atoms with Crippen molar-refractivity contribution in [1.82, 2.24) is 9.78 Å². The van der Waals surface area contributed by atoms with Crippen molar-refractivity contribution < 1.29 is 18.3 Å². The van der Waals surface area contributed by atoms with Crippen LogP contribution in [0.5, 0.6) is 5.75 Å². The Morgan fingerprint density at radius 1 is 1.40 bits per heavy atom. The molecule has 0 radical (unpaired) electrons. The largest absolute Gasteiger partial charge is 0.507 e. The fourth-order valence-electron chi connectivity index (χ4n) is 1.60. The van der Waals surface area contributed by atoms with Gasteiger partial charge in [0, 0.05) is 13.2 Å². The highest BCUT2D eigenvalue weighted by atomic mass is 32.2. The summed E-state index contributed by atoms with van der Waals surface area (Å²) in [5.41, 5.74) is -0.00137. The van der Waals surface area contributed by atoms with Crippen LogP contribution < -0.4 is 10.5 Å². The molecule has 20 heavy (non-hydrogen) atoms. The van der Waals surface area contributed by atoms with Crippen LogP contribution in [0.25, 0.3) is 0 Å². The van der Waals surface area contributed by atoms with Crippen LogP contribution in [0, 0.1) is 0 Å². The quantitative estimate of drug-likeness (QED) is 0.736. The Hall–Kier alpha value is -2.39. The normalized spacial score (nSPS) is 11.3. The zero-order chi connectivity index (χ0) is 14.9. The molecule has 0 aliphatic heterocycles. The van der Waals surface area contributed by atoms with Crippen molar-refractivity contribution in [2.45, 2.75) is 4.90 Å². The Morgan fingerprint density at radius 2 is 2.05 bits per heavy atom. The van der Waals surface area contributed by atoms with Gasteiger partial charge in [-0.2, -0.15) is 5.10 Å². The van der Waals surface area contributed by atoms with Gasteiger partial charge in [-0.3, -0.25) is 9.48 Å². The average Bonchev–Trinajstić information content (AvgIpc) is 2.70. The number of rotatable bonds is 3. The Kier molecular flexibility index (Phi) is 3.47. The number of nitrogens with zero attached hydrogens (tertiary/aromatic N) is 2. The summed E-state index contributed by atoms with van der Waals surface area (Å²) in [7, 11) is -2.52. The van der Waals surface area contributed by atoms with Gasteiger partial charge in [0.1, 0.15) is 10.6 Å². The molecule has 9 heteroatoms. The molecule has 2 aromatic rings. The van der Waals surface area contributed by atoms with Crippen LogP contribution in [-0.4, -0.2) is 29.2 Å². The number of amides is 1. The highest BCUT2D eigenvalue weighted by molar-refractivity contribution is 7.89. The molecule has 0 saturated carbocycles. The molecular formula is C11H12N4O4S. The van der Waals surface area contributed by atoms with E-state index in [1.807, 2.05) is 0 Å². The highest BCUT2D eigenvalue weighted by Gasteiger charge is 2.21. The lowest BCUT2D eigenvalue weighted by Gasteiger charge is -2.05. The molecule has 0 unspecified atom stereocenters. The molecule has 2 rings (SSSR count). The lowest BCUT2D eigenvalue weighted by Crippen LogP contribution is -2.17. The second-order valence-electron chi connectivity index (χ2n) is 4.03. The van der Waals surface area contributed by atoms with Gasteiger partial charge in [-0.25, -0.2) is 13.6 Å². The van der Waals surface area contributed by atoms with Crippen LogP contribution in [0.4, 0.5) is 5.82 Å². The second kappa shape index (κ2) is 4.94. The summed E-state index contributed by atoms with van der Waals surface area (Å²) in [5, 5.41) is 20.7. The monoisotopic (exact) mass is 296 g/mol. The number of carbonyl (C=O) groups is 1. The maximum absolute atomic E-state index is 12.0. The first-order valence-electron chi connectivity index (χ1n) is 5.45. The highest BCUT2D eigenvalue weighted by Crippen LogP contribution is 2.21. The number of hydrogen-bond acceptors (Lipinski definition) is 5. The minimum absolute atomic E-state index is 0.00137. The minimum atomic E-state index is -4.01. The molecule has 0 saturated heterocycles. The van der Waals surface area contributed by atoms with E-state index in [1.54, 1.807) is 12.1 Å². The number of nitrogens with one attached hydrogen (secondary N) is 1. The number of phenols is 1. The van der Waals surface area contributed by atoms with E-state index in [2.05, 4.69) is 10.4 Å². The molecule has 0 bridgehead atoms. The number of primary sulfonamides is 1. The molecule has 0 aliphatic rings. The summed E-state index contributed by atoms with van der Waals surface area (Å²) in [4.78, 5) is 11.7. The predicted molar refractivity (Wildman–Crippen MR) is 70.6 cm³/mol. The van der Waals surface area contributed by atoms with Gasteiger partial charge in [-0.1, -0.05) is 12.1 Å². The number of sulfonamides is 1. The van der Waals surface area contributed by atoms with Crippen molar-refractivity contribution in [2.24, 2.45) is 12.2 Å². The number of aromatic nitrogens is 2. The van der Waals surface area contributed by atoms with Crippen LogP contribution in [0.2, 0.25) is 0 Å². The SMILES string of the molecule is Cn1cc(S(N)(=O)=O)c(NC(=O)c2ccccc2O)n1. The molecule has 0 aliphatic carbocycles. The molecule has 0 spiro atoms. The van der Waals surface area contributed by atoms with Crippen molar-refractivity contribution in [2.75, 3.05) is 5.32 Å². The Morgan fingerprint density at radius 3 is 2.65 bits per heavy atom. The third kappa shape index (κ3) is 2.78. The number of aryl methyl sites for hydroxylation is 1. The number of para-hydroxylation sites is 1. The van der Waals surface area contributed by atoms with Gasteiger partial charge >= 0.3 is 0 Å². The first kappa shape index (κ1) is 14.0. The van der Waals surface area contributed by atoms with Crippen molar-refractivity contribution in [3.63, 3.8) is 0 Å². The van der Waals surface area contributed by atoms with E-state index in [9.17, 15) is 18.3 Å². The number of carbonyl (C=O) groups excluding carboxylic acids is 1. The number of aromatic hydroxyl groups is 1. The Bertz CT molecular complexity index is 766. The van der Waals surface area contributed by atoms with Gasteiger partial charge in [-0.05, 0) is 12.1 Å². The van der Waals surface area contributed by atoms with Crippen molar-refractivity contribution in [3.8, 4) is 5.75 Å². The maximum Gasteiger partial charge on any atom is 0.260 e. The Balaban J connectivity index is 2.37. The van der Waals surface area contributed by atoms with Crippen molar-refractivity contribution >= 4 is 21.7 Å². The second-order valence-corrected chi connectivity index (χ2v) is 5.56. The molecule has 1 aromatic carbocycles. The van der Waals surface area contributed by atoms with E-state index in [4.69, 9.17) is 5.14 Å². The smallest absolute Gasteiger partial charge is 0.260 e. The lowest BCUT2D eigenvalue weighted by atomic mass is 10.2. The number of nitrogens with two attached hydrogens (primary N) is 1. The van der Waals surface area contributed by atoms with E-state index in [0.29, 0.717) is 0 Å². The van der Waals surface area contributed by atoms with E-state index < -0.39 is 15.9 Å². The third-order valence-electron chi connectivity index (χ3n) is 2.48. The molecule has 1 aromatic heterocycles. The van der Waals surface area contributed by atoms with Crippen LogP contribution in [0.1, 0.15) is 10.4 Å². The molecule has 106 valence electrons. The van der Waals surface area contributed by atoms with Crippen LogP contribution in [-0.2, 0) is 17.1 Å². The molecule has 8 nitrogen and oxygen atoms in total. The van der Waals surface area contributed by atoms with Gasteiger partial charge < -0.3 is 10.4 Å². The lowest BCUT2D eigenvalue weighted by molar-refractivity contribution is 0.102. The summed E-state index contributed by atoms with van der Waals surface area (Å²) in [5.74, 6) is -1.10. The molecule has 1 amide bonds. The zero-order valence-corrected chi connectivity index (χ0v) is 11.3. The van der Waals surface area contributed by atoms with Gasteiger partial charge in [-0.15, -0.1) is 0 Å². The zero-order valence-electron chi connectivity index (χ0n) is 10.4. The molecule has 4 N–H and O–H groups in total. The molecular weight excluding hydrogens is 284 g/mol. The van der Waals surface area contributed by atoms with Gasteiger partial charge in [0.05, 0.1) is 5.56 Å². The topological polar surface area (TPSA) is 127 Å². The van der Waals surface area contributed by atoms with E-state index in [-0.39, 0.29) is 22.0 Å². The summed E-state index contributed by atoms with van der Waals surface area (Å²) < 4.78 is 24.0. The van der Waals surface area contributed by atoms with E-state index >= 15 is 0 Å². The molecule has 0 fully saturated rings. The first-order valence-corrected chi connectivity index (χ1v) is 6.99. The van der Waals surface area contributed by atoms with Gasteiger partial charge in [0.2, 0.25) is 10.0 Å². The standard InChI is InChI=1S/C11H12N4O4S/c1-15-6-9(20(12,18)19)10(14-15)13-11(17)7-4-2-3-5-8(7)16/h2-6,16H,1H3,(H2,12,18,19)(H,13,14,17). The summed E-state index contributed by atoms with van der Waals surface area (Å²) in [6, 6.07) is 5.86. The minimum Gasteiger partial charge on any atom is -0.507 e. The van der Waals surface area contributed by atoms with E-state index in [1.165, 1.54) is 30.1 Å². The maximum atomic E-state index is 12.0. The summed E-state index contributed by atoms with van der Waals surface area (Å²) in [6.07, 6.45) is 1.18. The van der Waals surface area contributed by atoms with Gasteiger partial charge in [0.15, 0.2) is 5.82 Å². The molecule has 1 heterocycles. The Labute approximate surface area is 114 Å². The first-order chi connectivity index (χ1) is 9.29. The van der Waals surface area contributed by atoms with Crippen molar-refractivity contribution in [3.05, 3.63) is 36.0 Å². The fraction of sp³-hybridized carbons (Fsp3) is 0.0909. The van der Waals surface area contributed by atoms with Crippen LogP contribution >= 0.6 is 0 Å².